The number of nitrogens with one attached hydrogen (secondary N) is 1. The van der Waals surface area contributed by atoms with Crippen molar-refractivity contribution in [2.45, 2.75) is 25.8 Å². The number of carbonyl (C=O) groups is 1. The van der Waals surface area contributed by atoms with Crippen molar-refractivity contribution in [2.75, 3.05) is 36.9 Å². The van der Waals surface area contributed by atoms with Gasteiger partial charge in [0.1, 0.15) is 11.0 Å². The number of pyridine rings is 3. The molecular formula is C24H25ClN8O. The van der Waals surface area contributed by atoms with Crippen LogP contribution in [0, 0.1) is 5.92 Å². The fraction of sp³-hybridized carbons (Fsp3) is 0.375. The number of piperazine rings is 1. The van der Waals surface area contributed by atoms with Gasteiger partial charge >= 0.3 is 0 Å². The Morgan fingerprint density at radius 3 is 2.79 bits per heavy atom. The Labute approximate surface area is 201 Å². The van der Waals surface area contributed by atoms with Crippen LogP contribution in [0.4, 0.5) is 11.5 Å². The quantitative estimate of drug-likeness (QED) is 0.451. The Morgan fingerprint density at radius 1 is 1.15 bits per heavy atom. The molecule has 0 aromatic carbocycles. The summed E-state index contributed by atoms with van der Waals surface area (Å²) in [5, 5.41) is 9.50. The van der Waals surface area contributed by atoms with Gasteiger partial charge < -0.3 is 15.1 Å². The van der Waals surface area contributed by atoms with Crippen LogP contribution in [0.1, 0.15) is 19.8 Å². The third-order valence-electron chi connectivity index (χ3n) is 6.80. The molecule has 0 bridgehead atoms. The second-order valence-corrected chi connectivity index (χ2v) is 9.60. The lowest BCUT2D eigenvalue weighted by molar-refractivity contribution is -0.117. The first kappa shape index (κ1) is 21.2. The van der Waals surface area contributed by atoms with Gasteiger partial charge in [0.15, 0.2) is 11.5 Å². The first-order valence-electron chi connectivity index (χ1n) is 11.5. The number of amides is 1. The number of halogens is 1. The molecule has 4 aromatic rings. The molecule has 0 spiro atoms. The molecule has 1 aliphatic carbocycles. The average Bonchev–Trinajstić information content (AvgIpc) is 3.60. The van der Waals surface area contributed by atoms with E-state index in [0.717, 1.165) is 54.8 Å². The summed E-state index contributed by atoms with van der Waals surface area (Å²) in [4.78, 5) is 30.4. The first-order valence-corrected chi connectivity index (χ1v) is 11.9. The van der Waals surface area contributed by atoms with E-state index in [4.69, 9.17) is 21.7 Å². The molecule has 10 heteroatoms. The summed E-state index contributed by atoms with van der Waals surface area (Å²) in [5.74, 6) is 1.13. The van der Waals surface area contributed by atoms with Gasteiger partial charge in [0.25, 0.3) is 0 Å². The Hall–Kier alpha value is -3.30. The predicted molar refractivity (Wildman–Crippen MR) is 132 cm³/mol. The van der Waals surface area contributed by atoms with E-state index in [0.29, 0.717) is 28.2 Å². The summed E-state index contributed by atoms with van der Waals surface area (Å²) in [5.41, 5.74) is 2.61. The molecule has 2 fully saturated rings. The number of fused-ring (bicyclic) bond motifs is 2. The van der Waals surface area contributed by atoms with Crippen molar-refractivity contribution in [1.82, 2.24) is 29.5 Å². The number of hydrogen-bond donors (Lipinski definition) is 1. The molecule has 9 nitrogen and oxygen atoms in total. The molecule has 2 aliphatic rings. The van der Waals surface area contributed by atoms with Gasteiger partial charge in [0, 0.05) is 60.3 Å². The maximum atomic E-state index is 12.2. The Morgan fingerprint density at radius 2 is 2.00 bits per heavy atom. The highest BCUT2D eigenvalue weighted by molar-refractivity contribution is 6.34. The van der Waals surface area contributed by atoms with Crippen molar-refractivity contribution >= 4 is 45.4 Å². The van der Waals surface area contributed by atoms with Crippen LogP contribution in [0.25, 0.3) is 27.8 Å². The smallest absolute Gasteiger partial charge is 0.228 e. The summed E-state index contributed by atoms with van der Waals surface area (Å²) in [6.07, 6.45) is 7.20. The van der Waals surface area contributed by atoms with E-state index in [9.17, 15) is 4.79 Å². The lowest BCUT2D eigenvalue weighted by atomic mass is 10.1. The maximum Gasteiger partial charge on any atom is 0.228 e. The fourth-order valence-corrected chi connectivity index (χ4v) is 4.58. The topological polar surface area (TPSA) is 91.5 Å². The first-order chi connectivity index (χ1) is 16.5. The van der Waals surface area contributed by atoms with Gasteiger partial charge in [-0.1, -0.05) is 11.6 Å². The highest BCUT2D eigenvalue weighted by Gasteiger charge is 2.30. The molecule has 4 aromatic heterocycles. The average molecular weight is 477 g/mol. The number of carbonyl (C=O) groups excluding carboxylic acids is 1. The normalized spacial score (nSPS) is 19.1. The van der Waals surface area contributed by atoms with E-state index in [1.54, 1.807) is 12.4 Å². The highest BCUT2D eigenvalue weighted by atomic mass is 35.5. The standard InChI is InChI=1S/C24H25ClN8O/c1-14-12-32(8-7-31(14)2)16-5-6-21-29-23(30-33(21)13-16)19-11-27-22(25)18-10-26-20(9-17(18)19)28-24(34)15-3-4-15/h5-6,9-11,13-15H,3-4,7-8,12H2,1-2H3,(H,26,28,34)/t14-/m1/s1. The molecule has 34 heavy (non-hydrogen) atoms. The minimum absolute atomic E-state index is 0.00478. The molecule has 1 atom stereocenters. The van der Waals surface area contributed by atoms with Gasteiger partial charge in [0.05, 0.1) is 11.9 Å². The predicted octanol–water partition coefficient (Wildman–Crippen LogP) is 3.48. The number of anilines is 2. The number of aromatic nitrogens is 5. The zero-order valence-electron chi connectivity index (χ0n) is 19.1. The molecule has 0 unspecified atom stereocenters. The van der Waals surface area contributed by atoms with Crippen LogP contribution in [-0.4, -0.2) is 68.1 Å². The molecule has 1 amide bonds. The van der Waals surface area contributed by atoms with Crippen molar-refractivity contribution in [3.63, 3.8) is 0 Å². The monoisotopic (exact) mass is 476 g/mol. The molecule has 174 valence electrons. The van der Waals surface area contributed by atoms with E-state index in [1.165, 1.54) is 0 Å². The molecule has 1 N–H and O–H groups in total. The van der Waals surface area contributed by atoms with Gasteiger partial charge in [-0.05, 0) is 45.0 Å². The van der Waals surface area contributed by atoms with E-state index in [1.807, 2.05) is 22.8 Å². The van der Waals surface area contributed by atoms with Crippen molar-refractivity contribution in [3.05, 3.63) is 41.9 Å². The van der Waals surface area contributed by atoms with Gasteiger partial charge in [-0.15, -0.1) is 5.10 Å². The van der Waals surface area contributed by atoms with Crippen molar-refractivity contribution < 1.29 is 4.79 Å². The molecular weight excluding hydrogens is 452 g/mol. The largest absolute Gasteiger partial charge is 0.367 e. The summed E-state index contributed by atoms with van der Waals surface area (Å²) in [6, 6.07) is 6.40. The molecule has 1 aliphatic heterocycles. The zero-order chi connectivity index (χ0) is 23.4. The summed E-state index contributed by atoms with van der Waals surface area (Å²) >= 11 is 6.35. The van der Waals surface area contributed by atoms with Crippen LogP contribution >= 0.6 is 11.6 Å². The lowest BCUT2D eigenvalue weighted by Crippen LogP contribution is -2.50. The fourth-order valence-electron chi connectivity index (χ4n) is 4.38. The lowest BCUT2D eigenvalue weighted by Gasteiger charge is -2.38. The molecule has 5 heterocycles. The van der Waals surface area contributed by atoms with Gasteiger partial charge in [-0.2, -0.15) is 0 Å². The SMILES string of the molecule is C[C@@H]1CN(c2ccc3nc(-c4cnc(Cl)c5cnc(NC(=O)C6CC6)cc45)nn3c2)CCN1C. The van der Waals surface area contributed by atoms with Gasteiger partial charge in [-0.3, -0.25) is 4.79 Å². The number of rotatable bonds is 4. The summed E-state index contributed by atoms with van der Waals surface area (Å²) in [7, 11) is 2.16. The molecule has 1 saturated carbocycles. The van der Waals surface area contributed by atoms with Crippen molar-refractivity contribution in [1.29, 1.82) is 0 Å². The minimum atomic E-state index is 0.00478. The minimum Gasteiger partial charge on any atom is -0.367 e. The Bertz CT molecular complexity index is 1420. The van der Waals surface area contributed by atoms with Gasteiger partial charge in [-0.25, -0.2) is 19.5 Å². The van der Waals surface area contributed by atoms with E-state index < -0.39 is 0 Å². The van der Waals surface area contributed by atoms with E-state index >= 15 is 0 Å². The van der Waals surface area contributed by atoms with Crippen LogP contribution in [0.15, 0.2) is 36.8 Å². The maximum absolute atomic E-state index is 12.2. The number of nitrogens with zero attached hydrogens (tertiary/aromatic N) is 7. The number of hydrogen-bond acceptors (Lipinski definition) is 7. The molecule has 0 radical (unpaired) electrons. The zero-order valence-corrected chi connectivity index (χ0v) is 19.8. The van der Waals surface area contributed by atoms with E-state index in [2.05, 4.69) is 45.1 Å². The second-order valence-electron chi connectivity index (χ2n) is 9.24. The third-order valence-corrected chi connectivity index (χ3v) is 7.11. The van der Waals surface area contributed by atoms with Crippen LogP contribution in [0.5, 0.6) is 0 Å². The van der Waals surface area contributed by atoms with Gasteiger partial charge in [0.2, 0.25) is 5.91 Å². The summed E-state index contributed by atoms with van der Waals surface area (Å²) < 4.78 is 1.81. The van der Waals surface area contributed by atoms with Crippen LogP contribution < -0.4 is 10.2 Å². The van der Waals surface area contributed by atoms with Crippen LogP contribution in [-0.2, 0) is 4.79 Å². The Balaban J connectivity index is 1.37. The molecule has 6 rings (SSSR count). The van der Waals surface area contributed by atoms with Crippen LogP contribution in [0.2, 0.25) is 5.15 Å². The summed E-state index contributed by atoms with van der Waals surface area (Å²) in [6.45, 7) is 5.21. The third kappa shape index (κ3) is 3.84. The molecule has 1 saturated heterocycles. The second kappa shape index (κ2) is 8.18. The van der Waals surface area contributed by atoms with Crippen molar-refractivity contribution in [3.8, 4) is 11.4 Å². The van der Waals surface area contributed by atoms with Crippen molar-refractivity contribution in [2.24, 2.45) is 5.92 Å². The Kier molecular flexibility index (Phi) is 5.11. The number of likely N-dealkylation sites (N-methyl/N-ethyl adjacent to an activating group) is 1. The van der Waals surface area contributed by atoms with E-state index in [-0.39, 0.29) is 11.8 Å². The van der Waals surface area contributed by atoms with Crippen LogP contribution in [0.3, 0.4) is 0 Å². The highest BCUT2D eigenvalue weighted by Crippen LogP contribution is 2.33.